The van der Waals surface area contributed by atoms with E-state index >= 15 is 0 Å². The molecule has 0 unspecified atom stereocenters. The van der Waals surface area contributed by atoms with Gasteiger partial charge in [-0.1, -0.05) is 30.3 Å². The summed E-state index contributed by atoms with van der Waals surface area (Å²) in [7, 11) is 2.16. The number of hydrogen-bond acceptors (Lipinski definition) is 4. The van der Waals surface area contributed by atoms with Gasteiger partial charge in [-0.2, -0.15) is 0 Å². The van der Waals surface area contributed by atoms with Gasteiger partial charge in [0, 0.05) is 77.1 Å². The molecule has 0 saturated carbocycles. The highest BCUT2D eigenvalue weighted by molar-refractivity contribution is 5.76. The third kappa shape index (κ3) is 5.25. The zero-order chi connectivity index (χ0) is 20.1. The third-order valence-electron chi connectivity index (χ3n) is 6.32. The maximum atomic E-state index is 12.9. The Morgan fingerprint density at radius 1 is 1.10 bits per heavy atom. The number of hydrogen-bond donors (Lipinski definition) is 0. The summed E-state index contributed by atoms with van der Waals surface area (Å²) in [5, 5.41) is 0. The summed E-state index contributed by atoms with van der Waals surface area (Å²) in [6.07, 6.45) is 6.76. The van der Waals surface area contributed by atoms with Gasteiger partial charge in [-0.05, 0) is 25.5 Å². The number of aromatic nitrogens is 2. The van der Waals surface area contributed by atoms with Crippen LogP contribution in [0.4, 0.5) is 0 Å². The van der Waals surface area contributed by atoms with E-state index in [-0.39, 0.29) is 0 Å². The summed E-state index contributed by atoms with van der Waals surface area (Å²) >= 11 is 0. The molecule has 2 aliphatic rings. The highest BCUT2D eigenvalue weighted by atomic mass is 16.2. The van der Waals surface area contributed by atoms with E-state index in [2.05, 4.69) is 61.8 Å². The number of imidazole rings is 1. The lowest BCUT2D eigenvalue weighted by Crippen LogP contribution is -2.46. The summed E-state index contributed by atoms with van der Waals surface area (Å²) < 4.78 is 2.25. The molecule has 0 N–H and O–H groups in total. The van der Waals surface area contributed by atoms with E-state index in [1.54, 1.807) is 0 Å². The Labute approximate surface area is 174 Å². The van der Waals surface area contributed by atoms with Gasteiger partial charge in [-0.15, -0.1) is 0 Å². The third-order valence-corrected chi connectivity index (χ3v) is 6.32. The summed E-state index contributed by atoms with van der Waals surface area (Å²) in [5.41, 5.74) is 1.28. The van der Waals surface area contributed by atoms with Crippen molar-refractivity contribution in [3.8, 4) is 0 Å². The van der Waals surface area contributed by atoms with Crippen LogP contribution in [0, 0.1) is 0 Å². The molecule has 4 rings (SSSR count). The SMILES string of the molecule is CN1CCN(CCC(=O)N2CCC[C@H](c3nccn3Cc3ccccc3)C2)CC1. The molecule has 0 aliphatic carbocycles. The molecular formula is C23H33N5O. The fraction of sp³-hybridized carbons (Fsp3) is 0.565. The van der Waals surface area contributed by atoms with E-state index in [1.807, 2.05) is 12.3 Å². The molecule has 1 amide bonds. The first-order valence-electron chi connectivity index (χ1n) is 10.9. The summed E-state index contributed by atoms with van der Waals surface area (Å²) in [6.45, 7) is 7.76. The largest absolute Gasteiger partial charge is 0.342 e. The van der Waals surface area contributed by atoms with Crippen LogP contribution in [0.15, 0.2) is 42.7 Å². The number of carbonyl (C=O) groups excluding carboxylic acids is 1. The molecule has 1 aromatic heterocycles. The molecule has 1 aromatic carbocycles. The van der Waals surface area contributed by atoms with E-state index in [0.29, 0.717) is 18.2 Å². The number of piperazine rings is 1. The van der Waals surface area contributed by atoms with E-state index in [0.717, 1.165) is 71.0 Å². The molecule has 2 saturated heterocycles. The van der Waals surface area contributed by atoms with Crippen LogP contribution in [0.2, 0.25) is 0 Å². The van der Waals surface area contributed by atoms with E-state index in [1.165, 1.54) is 5.56 Å². The minimum absolute atomic E-state index is 0.301. The molecule has 2 fully saturated rings. The monoisotopic (exact) mass is 395 g/mol. The van der Waals surface area contributed by atoms with Gasteiger partial charge in [0.2, 0.25) is 5.91 Å². The Morgan fingerprint density at radius 3 is 2.69 bits per heavy atom. The first kappa shape index (κ1) is 20.1. The van der Waals surface area contributed by atoms with Gasteiger partial charge in [0.05, 0.1) is 0 Å². The molecule has 0 radical (unpaired) electrons. The van der Waals surface area contributed by atoms with Crippen molar-refractivity contribution in [2.75, 3.05) is 52.9 Å². The zero-order valence-electron chi connectivity index (χ0n) is 17.5. The fourth-order valence-electron chi connectivity index (χ4n) is 4.49. The second kappa shape index (κ2) is 9.55. The minimum Gasteiger partial charge on any atom is -0.342 e. The van der Waals surface area contributed by atoms with Crippen molar-refractivity contribution in [1.82, 2.24) is 24.3 Å². The second-order valence-electron chi connectivity index (χ2n) is 8.47. The van der Waals surface area contributed by atoms with E-state index < -0.39 is 0 Å². The Kier molecular flexibility index (Phi) is 6.62. The van der Waals surface area contributed by atoms with Crippen LogP contribution >= 0.6 is 0 Å². The molecule has 156 valence electrons. The molecule has 1 atom stereocenters. The van der Waals surface area contributed by atoms with Crippen LogP contribution in [-0.2, 0) is 11.3 Å². The van der Waals surface area contributed by atoms with Crippen LogP contribution in [-0.4, -0.2) is 83.0 Å². The maximum Gasteiger partial charge on any atom is 0.223 e. The summed E-state index contributed by atoms with van der Waals surface area (Å²) in [6, 6.07) is 10.5. The predicted octanol–water partition coefficient (Wildman–Crippen LogP) is 2.27. The first-order chi connectivity index (χ1) is 14.2. The maximum absolute atomic E-state index is 12.9. The van der Waals surface area contributed by atoms with Crippen LogP contribution in [0.3, 0.4) is 0 Å². The lowest BCUT2D eigenvalue weighted by Gasteiger charge is -2.35. The lowest BCUT2D eigenvalue weighted by molar-refractivity contribution is -0.132. The number of piperidine rings is 1. The van der Waals surface area contributed by atoms with Crippen molar-refractivity contribution in [2.45, 2.75) is 31.7 Å². The topological polar surface area (TPSA) is 44.6 Å². The molecule has 0 spiro atoms. The van der Waals surface area contributed by atoms with Crippen LogP contribution in [0.5, 0.6) is 0 Å². The average molecular weight is 396 g/mol. The van der Waals surface area contributed by atoms with Gasteiger partial charge >= 0.3 is 0 Å². The van der Waals surface area contributed by atoms with Crippen molar-refractivity contribution in [3.05, 3.63) is 54.1 Å². The standard InChI is InChI=1S/C23H33N5O/c1-25-14-16-26(17-15-25)12-9-22(29)27-11-5-8-21(19-27)23-24-10-13-28(23)18-20-6-3-2-4-7-20/h2-4,6-7,10,13,21H,5,8-9,11-12,14-19H2,1H3/t21-/m0/s1. The number of amides is 1. The highest BCUT2D eigenvalue weighted by Crippen LogP contribution is 2.26. The Bertz CT molecular complexity index is 782. The van der Waals surface area contributed by atoms with Gasteiger partial charge in [0.1, 0.15) is 5.82 Å². The van der Waals surface area contributed by atoms with Crippen LogP contribution in [0.25, 0.3) is 0 Å². The second-order valence-corrected chi connectivity index (χ2v) is 8.47. The van der Waals surface area contributed by atoms with Crippen molar-refractivity contribution < 1.29 is 4.79 Å². The van der Waals surface area contributed by atoms with E-state index in [4.69, 9.17) is 0 Å². The van der Waals surface area contributed by atoms with Crippen molar-refractivity contribution >= 4 is 5.91 Å². The number of likely N-dealkylation sites (N-methyl/N-ethyl adjacent to an activating group) is 1. The van der Waals surface area contributed by atoms with Gasteiger partial charge in [0.15, 0.2) is 0 Å². The van der Waals surface area contributed by atoms with Crippen molar-refractivity contribution in [3.63, 3.8) is 0 Å². The Hall–Kier alpha value is -2.18. The van der Waals surface area contributed by atoms with Crippen LogP contribution < -0.4 is 0 Å². The minimum atomic E-state index is 0.301. The van der Waals surface area contributed by atoms with Gasteiger partial charge in [0.25, 0.3) is 0 Å². The number of carbonyl (C=O) groups is 1. The molecule has 6 heteroatoms. The lowest BCUT2D eigenvalue weighted by atomic mass is 9.96. The number of rotatable bonds is 6. The quantitative estimate of drug-likeness (QED) is 0.753. The fourth-order valence-corrected chi connectivity index (χ4v) is 4.49. The Morgan fingerprint density at radius 2 is 1.90 bits per heavy atom. The molecule has 2 aliphatic heterocycles. The molecule has 3 heterocycles. The predicted molar refractivity (Wildman–Crippen MR) is 115 cm³/mol. The smallest absolute Gasteiger partial charge is 0.223 e. The number of likely N-dealkylation sites (tertiary alicyclic amines) is 1. The molecular weight excluding hydrogens is 362 g/mol. The average Bonchev–Trinajstić information content (AvgIpc) is 3.22. The van der Waals surface area contributed by atoms with Crippen molar-refractivity contribution in [2.24, 2.45) is 0 Å². The molecule has 0 bridgehead atoms. The normalized spacial score (nSPS) is 21.4. The van der Waals surface area contributed by atoms with E-state index in [9.17, 15) is 4.79 Å². The first-order valence-corrected chi connectivity index (χ1v) is 10.9. The Balaban J connectivity index is 1.33. The van der Waals surface area contributed by atoms with Crippen molar-refractivity contribution in [1.29, 1.82) is 0 Å². The molecule has 29 heavy (non-hydrogen) atoms. The summed E-state index contributed by atoms with van der Waals surface area (Å²) in [5.74, 6) is 1.75. The zero-order valence-corrected chi connectivity index (χ0v) is 17.5. The highest BCUT2D eigenvalue weighted by Gasteiger charge is 2.27. The van der Waals surface area contributed by atoms with Gasteiger partial charge in [-0.3, -0.25) is 4.79 Å². The van der Waals surface area contributed by atoms with Gasteiger partial charge in [-0.25, -0.2) is 4.98 Å². The molecule has 6 nitrogen and oxygen atoms in total. The molecule has 2 aromatic rings. The van der Waals surface area contributed by atoms with Gasteiger partial charge < -0.3 is 19.3 Å². The summed E-state index contributed by atoms with van der Waals surface area (Å²) in [4.78, 5) is 24.4. The number of benzene rings is 1. The van der Waals surface area contributed by atoms with Crippen LogP contribution in [0.1, 0.15) is 36.6 Å². The number of nitrogens with zero attached hydrogens (tertiary/aromatic N) is 5.